The molecule has 0 unspecified atom stereocenters. The third-order valence-corrected chi connectivity index (χ3v) is 3.21. The molecule has 0 aliphatic heterocycles. The molecule has 0 amide bonds. The van der Waals surface area contributed by atoms with Crippen molar-refractivity contribution in [3.8, 4) is 0 Å². The van der Waals surface area contributed by atoms with Crippen molar-refractivity contribution in [3.63, 3.8) is 0 Å². The molecule has 0 saturated heterocycles. The Balaban J connectivity index is 1.94. The van der Waals surface area contributed by atoms with E-state index in [-0.39, 0.29) is 5.78 Å². The molecular weight excluding hydrogens is 234 g/mol. The average molecular weight is 253 g/mol. The molecule has 0 aliphatic rings. The van der Waals surface area contributed by atoms with Crippen LogP contribution in [0.2, 0.25) is 0 Å². The van der Waals surface area contributed by atoms with Gasteiger partial charge in [-0.05, 0) is 24.6 Å². The molecule has 0 spiro atoms. The zero-order valence-corrected chi connectivity index (χ0v) is 11.5. The van der Waals surface area contributed by atoms with Gasteiger partial charge in [-0.3, -0.25) is 4.79 Å². The van der Waals surface area contributed by atoms with E-state index in [2.05, 4.69) is 30.0 Å². The largest absolute Gasteiger partial charge is 0.374 e. The van der Waals surface area contributed by atoms with E-state index in [1.54, 1.807) is 0 Å². The first-order chi connectivity index (χ1) is 9.16. The maximum Gasteiger partial charge on any atom is 0.164 e. The Bertz CT molecular complexity index is 548. The van der Waals surface area contributed by atoms with Crippen LogP contribution in [0.25, 0.3) is 0 Å². The van der Waals surface area contributed by atoms with Crippen molar-refractivity contribution in [1.29, 1.82) is 0 Å². The van der Waals surface area contributed by atoms with E-state index in [0.717, 1.165) is 17.8 Å². The monoisotopic (exact) mass is 253 g/mol. The molecule has 0 radical (unpaired) electrons. The predicted molar refractivity (Wildman–Crippen MR) is 79.8 cm³/mol. The van der Waals surface area contributed by atoms with Crippen LogP contribution in [0.5, 0.6) is 0 Å². The topological polar surface area (TPSA) is 20.3 Å². The number of Topliss-reactive ketones (excluding diaryl/α,β-unsaturated/α-hetero) is 1. The molecule has 98 valence electrons. The van der Waals surface area contributed by atoms with Crippen molar-refractivity contribution in [2.24, 2.45) is 0 Å². The molecule has 2 aromatic rings. The van der Waals surface area contributed by atoms with Gasteiger partial charge in [-0.2, -0.15) is 0 Å². The van der Waals surface area contributed by atoms with Crippen molar-refractivity contribution >= 4 is 11.5 Å². The lowest BCUT2D eigenvalue weighted by molar-refractivity contribution is 0.0985. The van der Waals surface area contributed by atoms with Crippen LogP contribution < -0.4 is 4.90 Å². The average Bonchev–Trinajstić information content (AvgIpc) is 2.45. The van der Waals surface area contributed by atoms with Crippen LogP contribution in [-0.2, 0) is 0 Å². The van der Waals surface area contributed by atoms with Gasteiger partial charge in [0.05, 0.1) is 0 Å². The Labute approximate surface area is 114 Å². The molecule has 0 bridgehead atoms. The van der Waals surface area contributed by atoms with Crippen LogP contribution >= 0.6 is 0 Å². The maximum absolute atomic E-state index is 12.0. The Morgan fingerprint density at radius 3 is 2.47 bits per heavy atom. The van der Waals surface area contributed by atoms with Crippen LogP contribution in [0.15, 0.2) is 54.6 Å². The molecule has 0 saturated carbocycles. The number of carbonyl (C=O) groups excluding carboxylic acids is 1. The molecule has 19 heavy (non-hydrogen) atoms. The summed E-state index contributed by atoms with van der Waals surface area (Å²) < 4.78 is 0. The zero-order chi connectivity index (χ0) is 13.7. The van der Waals surface area contributed by atoms with Crippen LogP contribution in [0.4, 0.5) is 5.69 Å². The molecule has 0 heterocycles. The van der Waals surface area contributed by atoms with Gasteiger partial charge in [0.2, 0.25) is 0 Å². The number of rotatable bonds is 5. The first-order valence-corrected chi connectivity index (χ1v) is 6.53. The van der Waals surface area contributed by atoms with E-state index in [0.29, 0.717) is 6.42 Å². The van der Waals surface area contributed by atoms with Crippen molar-refractivity contribution in [1.82, 2.24) is 0 Å². The highest BCUT2D eigenvalue weighted by Crippen LogP contribution is 2.15. The number of carbonyl (C=O) groups is 1. The quantitative estimate of drug-likeness (QED) is 0.757. The van der Waals surface area contributed by atoms with Crippen LogP contribution in [-0.4, -0.2) is 19.4 Å². The fourth-order valence-electron chi connectivity index (χ4n) is 2.03. The van der Waals surface area contributed by atoms with E-state index < -0.39 is 0 Å². The number of aryl methyl sites for hydroxylation is 1. The van der Waals surface area contributed by atoms with Crippen molar-refractivity contribution < 1.29 is 4.79 Å². The lowest BCUT2D eigenvalue weighted by Crippen LogP contribution is -2.21. The molecule has 0 atom stereocenters. The van der Waals surface area contributed by atoms with Crippen LogP contribution in [0, 0.1) is 6.92 Å². The number of hydrogen-bond donors (Lipinski definition) is 0. The van der Waals surface area contributed by atoms with Crippen LogP contribution in [0.3, 0.4) is 0 Å². The molecular formula is C17H19NO. The van der Waals surface area contributed by atoms with E-state index in [4.69, 9.17) is 0 Å². The van der Waals surface area contributed by atoms with Gasteiger partial charge >= 0.3 is 0 Å². The fourth-order valence-corrected chi connectivity index (χ4v) is 2.03. The smallest absolute Gasteiger partial charge is 0.164 e. The molecule has 2 heteroatoms. The van der Waals surface area contributed by atoms with E-state index in [9.17, 15) is 4.79 Å². The Morgan fingerprint density at radius 2 is 1.79 bits per heavy atom. The highest BCUT2D eigenvalue weighted by atomic mass is 16.1. The SMILES string of the molecule is Cc1cccc(N(C)CCC(=O)c2ccccc2)c1. The second kappa shape index (κ2) is 6.19. The van der Waals surface area contributed by atoms with Crippen LogP contribution in [0.1, 0.15) is 22.3 Å². The van der Waals surface area contributed by atoms with Gasteiger partial charge in [-0.1, -0.05) is 42.5 Å². The minimum atomic E-state index is 0.195. The van der Waals surface area contributed by atoms with Gasteiger partial charge in [0.15, 0.2) is 5.78 Å². The van der Waals surface area contributed by atoms with Gasteiger partial charge in [-0.15, -0.1) is 0 Å². The number of benzene rings is 2. The summed E-state index contributed by atoms with van der Waals surface area (Å²) >= 11 is 0. The summed E-state index contributed by atoms with van der Waals surface area (Å²) in [5.74, 6) is 0.195. The first-order valence-electron chi connectivity index (χ1n) is 6.53. The van der Waals surface area contributed by atoms with Crippen molar-refractivity contribution in [3.05, 3.63) is 65.7 Å². The standard InChI is InChI=1S/C17H19NO/c1-14-7-6-10-16(13-14)18(2)12-11-17(19)15-8-4-3-5-9-15/h3-10,13H,11-12H2,1-2H3. The lowest BCUT2D eigenvalue weighted by atomic mass is 10.1. The van der Waals surface area contributed by atoms with Crippen molar-refractivity contribution in [2.45, 2.75) is 13.3 Å². The van der Waals surface area contributed by atoms with E-state index in [1.165, 1.54) is 5.56 Å². The third kappa shape index (κ3) is 3.68. The number of hydrogen-bond acceptors (Lipinski definition) is 2. The number of nitrogens with zero attached hydrogens (tertiary/aromatic N) is 1. The summed E-state index contributed by atoms with van der Waals surface area (Å²) in [5.41, 5.74) is 3.18. The van der Waals surface area contributed by atoms with E-state index >= 15 is 0 Å². The first kappa shape index (κ1) is 13.3. The van der Waals surface area contributed by atoms with Crippen molar-refractivity contribution in [2.75, 3.05) is 18.5 Å². The maximum atomic E-state index is 12.0. The second-order valence-corrected chi connectivity index (χ2v) is 4.80. The summed E-state index contributed by atoms with van der Waals surface area (Å²) in [5, 5.41) is 0. The Morgan fingerprint density at radius 1 is 1.05 bits per heavy atom. The highest BCUT2D eigenvalue weighted by Gasteiger charge is 2.07. The summed E-state index contributed by atoms with van der Waals surface area (Å²) in [6, 6.07) is 17.8. The Kier molecular flexibility index (Phi) is 4.35. The van der Waals surface area contributed by atoms with Gasteiger partial charge in [0.25, 0.3) is 0 Å². The molecule has 2 nitrogen and oxygen atoms in total. The zero-order valence-electron chi connectivity index (χ0n) is 11.5. The fraction of sp³-hybridized carbons (Fsp3) is 0.235. The van der Waals surface area contributed by atoms with Gasteiger partial charge < -0.3 is 4.90 Å². The lowest BCUT2D eigenvalue weighted by Gasteiger charge is -2.19. The van der Waals surface area contributed by atoms with Gasteiger partial charge in [0.1, 0.15) is 0 Å². The predicted octanol–water partition coefficient (Wildman–Crippen LogP) is 3.70. The number of ketones is 1. The Hall–Kier alpha value is -2.09. The van der Waals surface area contributed by atoms with Gasteiger partial charge in [-0.25, -0.2) is 0 Å². The molecule has 2 aromatic carbocycles. The molecule has 0 aromatic heterocycles. The van der Waals surface area contributed by atoms with Gasteiger partial charge in [0, 0.05) is 31.3 Å². The highest BCUT2D eigenvalue weighted by molar-refractivity contribution is 5.96. The molecule has 2 rings (SSSR count). The summed E-state index contributed by atoms with van der Waals surface area (Å²) in [4.78, 5) is 14.1. The second-order valence-electron chi connectivity index (χ2n) is 4.80. The minimum Gasteiger partial charge on any atom is -0.374 e. The van der Waals surface area contributed by atoms with E-state index in [1.807, 2.05) is 43.4 Å². The summed E-state index contributed by atoms with van der Waals surface area (Å²) in [7, 11) is 2.02. The molecule has 0 aliphatic carbocycles. The number of anilines is 1. The molecule has 0 N–H and O–H groups in total. The molecule has 0 fully saturated rings. The minimum absolute atomic E-state index is 0.195. The normalized spacial score (nSPS) is 10.2. The summed E-state index contributed by atoms with van der Waals surface area (Å²) in [6.07, 6.45) is 0.536. The third-order valence-electron chi connectivity index (χ3n) is 3.21. The summed E-state index contributed by atoms with van der Waals surface area (Å²) in [6.45, 7) is 2.81.